The Morgan fingerprint density at radius 3 is 2.56 bits per heavy atom. The lowest BCUT2D eigenvalue weighted by molar-refractivity contribution is -0.118. The van der Waals surface area contributed by atoms with Crippen LogP contribution in [0.25, 0.3) is 5.69 Å². The van der Waals surface area contributed by atoms with E-state index < -0.39 is 5.25 Å². The van der Waals surface area contributed by atoms with Crippen LogP contribution in [0.5, 0.6) is 0 Å². The molecule has 0 saturated heterocycles. The predicted molar refractivity (Wildman–Crippen MR) is 107 cm³/mol. The van der Waals surface area contributed by atoms with Crippen molar-refractivity contribution < 1.29 is 9.59 Å². The first kappa shape index (κ1) is 19.3. The predicted octanol–water partition coefficient (Wildman–Crippen LogP) is 1.82. The Balaban J connectivity index is 1.68. The number of nitrogens with zero attached hydrogens (tertiary/aromatic N) is 2. The Labute approximate surface area is 162 Å². The maximum absolute atomic E-state index is 12.8. The molecule has 3 rings (SSSR count). The zero-order valence-corrected chi connectivity index (χ0v) is 16.5. The molecule has 2 aromatic rings. The van der Waals surface area contributed by atoms with E-state index in [1.807, 2.05) is 30.3 Å². The minimum atomic E-state index is -0.445. The lowest BCUT2D eigenvalue weighted by Gasteiger charge is -2.11. The molecular formula is C19H24N4O3S. The largest absolute Gasteiger partial charge is 0.353 e. The van der Waals surface area contributed by atoms with Gasteiger partial charge in [-0.05, 0) is 38.8 Å². The summed E-state index contributed by atoms with van der Waals surface area (Å²) in [4.78, 5) is 37.1. The van der Waals surface area contributed by atoms with Crippen molar-refractivity contribution in [1.29, 1.82) is 0 Å². The highest BCUT2D eigenvalue weighted by molar-refractivity contribution is 8.01. The van der Waals surface area contributed by atoms with E-state index in [4.69, 9.17) is 0 Å². The van der Waals surface area contributed by atoms with Gasteiger partial charge in [-0.2, -0.15) is 0 Å². The van der Waals surface area contributed by atoms with Gasteiger partial charge >= 0.3 is 0 Å². The summed E-state index contributed by atoms with van der Waals surface area (Å²) in [5.74, 6) is -0.109. The van der Waals surface area contributed by atoms with Crippen LogP contribution >= 0.6 is 11.8 Å². The number of para-hydroxylation sites is 1. The van der Waals surface area contributed by atoms with E-state index in [9.17, 15) is 14.4 Å². The maximum atomic E-state index is 12.8. The Morgan fingerprint density at radius 2 is 1.93 bits per heavy atom. The van der Waals surface area contributed by atoms with E-state index in [1.54, 1.807) is 25.6 Å². The quantitative estimate of drug-likeness (QED) is 0.758. The number of benzene rings is 1. The van der Waals surface area contributed by atoms with Crippen LogP contribution in [0.15, 0.2) is 35.1 Å². The molecule has 2 N–H and O–H groups in total. The zero-order chi connectivity index (χ0) is 19.6. The number of thioether (sulfide) groups is 1. The van der Waals surface area contributed by atoms with Crippen molar-refractivity contribution in [2.24, 2.45) is 7.05 Å². The van der Waals surface area contributed by atoms with Crippen LogP contribution in [0.3, 0.4) is 0 Å². The molecule has 0 aliphatic heterocycles. The van der Waals surface area contributed by atoms with Crippen LogP contribution in [0, 0.1) is 6.92 Å². The Bertz CT molecular complexity index is 900. The first-order chi connectivity index (χ1) is 12.9. The third-order valence-electron chi connectivity index (χ3n) is 4.58. The standard InChI is InChI=1S/C19H24N4O3S/c1-12-17(19(26)23(22(12)3)15-7-5-4-6-8-15)21-18(25)13(2)27-11-16(24)20-14-9-10-14/h4-8,13-14H,9-11H2,1-3H3,(H,20,24)(H,21,25)/t13-/m1/s1. The second-order valence-corrected chi connectivity index (χ2v) is 8.05. The molecule has 0 bridgehead atoms. The van der Waals surface area contributed by atoms with Crippen LogP contribution < -0.4 is 16.2 Å². The highest BCUT2D eigenvalue weighted by atomic mass is 32.2. The number of carbonyl (C=O) groups is 2. The third kappa shape index (κ3) is 4.44. The molecule has 1 aromatic carbocycles. The van der Waals surface area contributed by atoms with Gasteiger partial charge in [-0.25, -0.2) is 4.68 Å². The van der Waals surface area contributed by atoms with Gasteiger partial charge in [0.25, 0.3) is 5.56 Å². The van der Waals surface area contributed by atoms with E-state index in [-0.39, 0.29) is 28.8 Å². The number of aromatic nitrogens is 2. The number of hydrogen-bond acceptors (Lipinski definition) is 4. The molecule has 1 fully saturated rings. The topological polar surface area (TPSA) is 85.1 Å². The fourth-order valence-electron chi connectivity index (χ4n) is 2.71. The number of amides is 2. The maximum Gasteiger partial charge on any atom is 0.295 e. The summed E-state index contributed by atoms with van der Waals surface area (Å²) in [6.07, 6.45) is 2.07. The fraction of sp³-hybridized carbons (Fsp3) is 0.421. The highest BCUT2D eigenvalue weighted by Crippen LogP contribution is 2.20. The molecule has 144 valence electrons. The number of anilines is 1. The summed E-state index contributed by atoms with van der Waals surface area (Å²) in [7, 11) is 1.78. The van der Waals surface area contributed by atoms with Crippen LogP contribution in [-0.4, -0.2) is 38.2 Å². The molecule has 0 radical (unpaired) electrons. The van der Waals surface area contributed by atoms with Crippen LogP contribution in [0.1, 0.15) is 25.5 Å². The van der Waals surface area contributed by atoms with Gasteiger partial charge in [0.05, 0.1) is 22.4 Å². The molecule has 2 amide bonds. The molecule has 1 atom stereocenters. The summed E-state index contributed by atoms with van der Waals surface area (Å²) < 4.78 is 3.24. The molecule has 1 aliphatic carbocycles. The lowest BCUT2D eigenvalue weighted by atomic mass is 10.3. The van der Waals surface area contributed by atoms with Crippen molar-refractivity contribution in [2.45, 2.75) is 38.0 Å². The van der Waals surface area contributed by atoms with Crippen molar-refractivity contribution in [3.8, 4) is 5.69 Å². The number of hydrogen-bond donors (Lipinski definition) is 2. The molecule has 8 heteroatoms. The summed E-state index contributed by atoms with van der Waals surface area (Å²) in [6.45, 7) is 3.52. The van der Waals surface area contributed by atoms with Crippen molar-refractivity contribution in [3.63, 3.8) is 0 Å². The summed E-state index contributed by atoms with van der Waals surface area (Å²) in [5.41, 5.74) is 1.38. The second kappa shape index (κ2) is 8.04. The minimum absolute atomic E-state index is 0.0514. The molecule has 1 heterocycles. The van der Waals surface area contributed by atoms with Crippen molar-refractivity contribution in [2.75, 3.05) is 11.1 Å². The van der Waals surface area contributed by atoms with Crippen molar-refractivity contribution >= 4 is 29.3 Å². The van der Waals surface area contributed by atoms with Crippen molar-refractivity contribution in [1.82, 2.24) is 14.7 Å². The van der Waals surface area contributed by atoms with Gasteiger partial charge < -0.3 is 10.6 Å². The van der Waals surface area contributed by atoms with Crippen LogP contribution in [-0.2, 0) is 16.6 Å². The number of carbonyl (C=O) groups excluding carboxylic acids is 2. The van der Waals surface area contributed by atoms with Crippen LogP contribution in [0.2, 0.25) is 0 Å². The minimum Gasteiger partial charge on any atom is -0.353 e. The van der Waals surface area contributed by atoms with E-state index in [1.165, 1.54) is 16.4 Å². The molecule has 0 unspecified atom stereocenters. The zero-order valence-electron chi connectivity index (χ0n) is 15.7. The first-order valence-electron chi connectivity index (χ1n) is 8.94. The molecule has 1 saturated carbocycles. The Morgan fingerprint density at radius 1 is 1.26 bits per heavy atom. The average molecular weight is 388 g/mol. The van der Waals surface area contributed by atoms with Gasteiger partial charge in [-0.15, -0.1) is 11.8 Å². The Kier molecular flexibility index (Phi) is 5.74. The highest BCUT2D eigenvalue weighted by Gasteiger charge is 2.25. The molecular weight excluding hydrogens is 364 g/mol. The first-order valence-corrected chi connectivity index (χ1v) is 9.99. The normalized spacial score (nSPS) is 14.6. The van der Waals surface area contributed by atoms with Gasteiger partial charge in [0.15, 0.2) is 0 Å². The second-order valence-electron chi connectivity index (χ2n) is 6.72. The smallest absolute Gasteiger partial charge is 0.295 e. The Hall–Kier alpha value is -2.48. The molecule has 27 heavy (non-hydrogen) atoms. The van der Waals surface area contributed by atoms with Gasteiger partial charge in [-0.3, -0.25) is 19.1 Å². The molecule has 1 aliphatic rings. The number of rotatable bonds is 7. The molecule has 7 nitrogen and oxygen atoms in total. The van der Waals surface area contributed by atoms with Crippen LogP contribution in [0.4, 0.5) is 5.69 Å². The summed E-state index contributed by atoms with van der Waals surface area (Å²) in [6, 6.07) is 9.57. The van der Waals surface area contributed by atoms with Gasteiger partial charge in [0.2, 0.25) is 11.8 Å². The molecule has 0 spiro atoms. The summed E-state index contributed by atoms with van der Waals surface area (Å²) >= 11 is 1.26. The summed E-state index contributed by atoms with van der Waals surface area (Å²) in [5, 5.41) is 5.19. The van der Waals surface area contributed by atoms with E-state index in [0.717, 1.165) is 18.5 Å². The van der Waals surface area contributed by atoms with Gasteiger partial charge in [0.1, 0.15) is 5.69 Å². The fourth-order valence-corrected chi connectivity index (χ4v) is 3.41. The van der Waals surface area contributed by atoms with Gasteiger partial charge in [-0.1, -0.05) is 18.2 Å². The van der Waals surface area contributed by atoms with Crippen molar-refractivity contribution in [3.05, 3.63) is 46.4 Å². The monoisotopic (exact) mass is 388 g/mol. The third-order valence-corrected chi connectivity index (χ3v) is 5.72. The van der Waals surface area contributed by atoms with Gasteiger partial charge in [0, 0.05) is 13.1 Å². The molecule has 1 aromatic heterocycles. The SMILES string of the molecule is Cc1c(NC(=O)[C@@H](C)SCC(=O)NC2CC2)c(=O)n(-c2ccccc2)n1C. The average Bonchev–Trinajstić information content (AvgIpc) is 3.44. The van der Waals surface area contributed by atoms with E-state index in [0.29, 0.717) is 11.7 Å². The lowest BCUT2D eigenvalue weighted by Crippen LogP contribution is -2.31. The number of nitrogens with one attached hydrogen (secondary N) is 2. The van der Waals surface area contributed by atoms with E-state index in [2.05, 4.69) is 10.6 Å². The van der Waals surface area contributed by atoms with E-state index >= 15 is 0 Å².